The van der Waals surface area contributed by atoms with Crippen molar-refractivity contribution >= 4 is 21.4 Å². The van der Waals surface area contributed by atoms with Gasteiger partial charge in [-0.25, -0.2) is 13.1 Å². The molecule has 0 N–H and O–H groups in total. The van der Waals surface area contributed by atoms with Crippen LogP contribution in [0.5, 0.6) is 5.75 Å². The molecule has 1 atom stereocenters. The number of hydrogen-bond acceptors (Lipinski definition) is 4. The molecule has 1 saturated heterocycles. The van der Waals surface area contributed by atoms with E-state index >= 15 is 0 Å². The maximum absolute atomic E-state index is 11.9. The minimum absolute atomic E-state index is 0.205. The van der Waals surface area contributed by atoms with Crippen LogP contribution in [0.1, 0.15) is 24.6 Å². The normalized spacial score (nSPS) is 24.2. The molecule has 1 aromatic rings. The smallest absolute Gasteiger partial charge is 0.175 e. The second-order valence-corrected chi connectivity index (χ2v) is 6.40. The Morgan fingerprint density at radius 2 is 2.31 bits per heavy atom. The second kappa shape index (κ2) is 4.25. The van der Waals surface area contributed by atoms with Gasteiger partial charge in [0.1, 0.15) is 0 Å². The molecule has 2 heterocycles. The number of hydrogen-bond donors (Lipinski definition) is 0. The first-order valence-corrected chi connectivity index (χ1v) is 7.14. The summed E-state index contributed by atoms with van der Waals surface area (Å²) in [6.45, 7) is 0. The predicted octanol–water partition coefficient (Wildman–Crippen LogP) is 1.64. The molecule has 0 radical (unpaired) electrons. The van der Waals surface area contributed by atoms with Crippen molar-refractivity contribution in [1.29, 1.82) is 0 Å². The Morgan fingerprint density at radius 3 is 2.88 bits per heavy atom. The number of nitrogens with zero attached hydrogens (tertiary/aromatic N) is 2. The first kappa shape index (κ1) is 11.7. The average Bonchev–Trinajstić information content (AvgIpc) is 2.59. The number of ether oxygens (including phenoxy) is 1. The lowest BCUT2D eigenvalue weighted by atomic mass is 10.2. The highest BCUT2D eigenvalue weighted by Gasteiger charge is 2.32. The molecule has 2 rings (SSSR count). The molecule has 1 unspecified atom stereocenters. The third kappa shape index (κ3) is 1.91. The van der Waals surface area contributed by atoms with Crippen molar-refractivity contribution in [3.8, 4) is 5.75 Å². The van der Waals surface area contributed by atoms with Crippen LogP contribution >= 0.6 is 11.6 Å². The monoisotopic (exact) mass is 264 g/mol. The first-order valence-electron chi connectivity index (χ1n) is 5.05. The van der Waals surface area contributed by atoms with Gasteiger partial charge in [-0.2, -0.15) is 5.10 Å². The zero-order valence-electron chi connectivity index (χ0n) is 8.89. The van der Waals surface area contributed by atoms with Gasteiger partial charge in [0, 0.05) is 0 Å². The van der Waals surface area contributed by atoms with Gasteiger partial charge in [-0.1, -0.05) is 11.6 Å². The van der Waals surface area contributed by atoms with Crippen molar-refractivity contribution in [3.05, 3.63) is 11.3 Å². The van der Waals surface area contributed by atoms with Crippen molar-refractivity contribution in [2.45, 2.75) is 24.6 Å². The zero-order chi connectivity index (χ0) is 11.8. The largest absolute Gasteiger partial charge is 0.492 e. The molecular formula is C9H13ClN2O3S. The van der Waals surface area contributed by atoms with Crippen LogP contribution in [-0.4, -0.2) is 31.1 Å². The molecule has 1 aliphatic rings. The lowest BCUT2D eigenvalue weighted by Crippen LogP contribution is -2.27. The molecule has 0 aliphatic carbocycles. The van der Waals surface area contributed by atoms with Gasteiger partial charge in [-0.15, -0.1) is 0 Å². The van der Waals surface area contributed by atoms with Crippen molar-refractivity contribution in [2.24, 2.45) is 0 Å². The minimum atomic E-state index is -3.13. The molecule has 5 nitrogen and oxygen atoms in total. The summed E-state index contributed by atoms with van der Waals surface area (Å²) in [7, 11) is -1.66. The molecule has 1 aliphatic heterocycles. The third-order valence-electron chi connectivity index (χ3n) is 2.74. The Bertz CT molecular complexity index is 483. The van der Waals surface area contributed by atoms with Crippen molar-refractivity contribution in [3.63, 3.8) is 0 Å². The molecule has 0 spiro atoms. The fourth-order valence-electron chi connectivity index (χ4n) is 1.88. The van der Waals surface area contributed by atoms with E-state index in [1.807, 2.05) is 0 Å². The van der Waals surface area contributed by atoms with Crippen LogP contribution in [0.4, 0.5) is 0 Å². The highest BCUT2D eigenvalue weighted by molar-refractivity contribution is 7.91. The standard InChI is InChI=1S/C9H13ClN2O3S/c1-15-7-6-11-12(9(7)10)8-4-2-3-5-16(8,13)14/h6,8H,2-5H2,1H3. The molecule has 1 aromatic heterocycles. The Balaban J connectivity index is 2.39. The summed E-state index contributed by atoms with van der Waals surface area (Å²) in [5.41, 5.74) is 0. The maximum Gasteiger partial charge on any atom is 0.175 e. The van der Waals surface area contributed by atoms with Crippen LogP contribution in [0.25, 0.3) is 0 Å². The zero-order valence-corrected chi connectivity index (χ0v) is 10.5. The summed E-state index contributed by atoms with van der Waals surface area (Å²) in [5, 5.41) is 3.59. The maximum atomic E-state index is 11.9. The van der Waals surface area contributed by atoms with Crippen molar-refractivity contribution in [2.75, 3.05) is 12.9 Å². The lowest BCUT2D eigenvalue weighted by molar-refractivity contribution is 0.412. The van der Waals surface area contributed by atoms with Gasteiger partial charge in [-0.3, -0.25) is 0 Å². The molecule has 16 heavy (non-hydrogen) atoms. The summed E-state index contributed by atoms with van der Waals surface area (Å²) in [6, 6.07) is 0. The van der Waals surface area contributed by atoms with E-state index in [2.05, 4.69) is 5.10 Å². The van der Waals surface area contributed by atoms with Crippen LogP contribution in [-0.2, 0) is 9.84 Å². The minimum Gasteiger partial charge on any atom is -0.492 e. The fraction of sp³-hybridized carbons (Fsp3) is 0.667. The second-order valence-electron chi connectivity index (χ2n) is 3.77. The van der Waals surface area contributed by atoms with Gasteiger partial charge in [-0.05, 0) is 19.3 Å². The summed E-state index contributed by atoms with van der Waals surface area (Å²) < 4.78 is 30.1. The van der Waals surface area contributed by atoms with Gasteiger partial charge in [0.05, 0.1) is 19.1 Å². The van der Waals surface area contributed by atoms with Crippen LogP contribution < -0.4 is 4.74 Å². The predicted molar refractivity (Wildman–Crippen MR) is 60.5 cm³/mol. The topological polar surface area (TPSA) is 61.2 Å². The molecule has 1 fully saturated rings. The van der Waals surface area contributed by atoms with Crippen LogP contribution in [0.15, 0.2) is 6.20 Å². The van der Waals surface area contributed by atoms with Crippen molar-refractivity contribution in [1.82, 2.24) is 9.78 Å². The SMILES string of the molecule is COc1cnn(C2CCCCS2(=O)=O)c1Cl. The Labute approximate surface area is 99.3 Å². The summed E-state index contributed by atoms with van der Waals surface area (Å²) in [6.07, 6.45) is 3.59. The summed E-state index contributed by atoms with van der Waals surface area (Å²) in [4.78, 5) is 0. The van der Waals surface area contributed by atoms with Crippen LogP contribution in [0.2, 0.25) is 5.15 Å². The third-order valence-corrected chi connectivity index (χ3v) is 5.22. The quantitative estimate of drug-likeness (QED) is 0.815. The van der Waals surface area contributed by atoms with E-state index in [1.165, 1.54) is 18.0 Å². The van der Waals surface area contributed by atoms with E-state index in [9.17, 15) is 8.42 Å². The molecule has 0 bridgehead atoms. The molecule has 90 valence electrons. The van der Waals surface area contributed by atoms with E-state index in [-0.39, 0.29) is 10.9 Å². The molecule has 0 amide bonds. The van der Waals surface area contributed by atoms with Gasteiger partial charge in [0.2, 0.25) is 0 Å². The van der Waals surface area contributed by atoms with Gasteiger partial charge >= 0.3 is 0 Å². The molecule has 0 saturated carbocycles. The average molecular weight is 265 g/mol. The first-order chi connectivity index (χ1) is 7.56. The summed E-state index contributed by atoms with van der Waals surface area (Å²) in [5.74, 6) is 0.610. The van der Waals surface area contributed by atoms with Gasteiger partial charge in [0.15, 0.2) is 26.1 Å². The van der Waals surface area contributed by atoms with Crippen LogP contribution in [0, 0.1) is 0 Å². The Hall–Kier alpha value is -0.750. The lowest BCUT2D eigenvalue weighted by Gasteiger charge is -2.22. The van der Waals surface area contributed by atoms with E-state index in [1.54, 1.807) is 0 Å². The number of methoxy groups -OCH3 is 1. The Morgan fingerprint density at radius 1 is 1.56 bits per heavy atom. The summed E-state index contributed by atoms with van der Waals surface area (Å²) >= 11 is 6.00. The highest BCUT2D eigenvalue weighted by Crippen LogP contribution is 2.34. The van der Waals surface area contributed by atoms with Crippen molar-refractivity contribution < 1.29 is 13.2 Å². The Kier molecular flexibility index (Phi) is 3.12. The molecule has 7 heteroatoms. The number of sulfone groups is 1. The van der Waals surface area contributed by atoms with Crippen LogP contribution in [0.3, 0.4) is 0 Å². The van der Waals surface area contributed by atoms with E-state index in [0.29, 0.717) is 12.2 Å². The van der Waals surface area contributed by atoms with E-state index < -0.39 is 15.2 Å². The number of rotatable bonds is 2. The molecular weight excluding hydrogens is 252 g/mol. The fourth-order valence-corrected chi connectivity index (χ4v) is 4.10. The van der Waals surface area contributed by atoms with Gasteiger partial charge < -0.3 is 4.74 Å². The van der Waals surface area contributed by atoms with Gasteiger partial charge in [0.25, 0.3) is 0 Å². The number of halogens is 1. The highest BCUT2D eigenvalue weighted by atomic mass is 35.5. The van der Waals surface area contributed by atoms with E-state index in [0.717, 1.165) is 12.8 Å². The number of aromatic nitrogens is 2. The molecule has 0 aromatic carbocycles. The van der Waals surface area contributed by atoms with E-state index in [4.69, 9.17) is 16.3 Å².